The number of hydrogen-bond donors (Lipinski definition) is 0. The van der Waals surface area contributed by atoms with Crippen LogP contribution in [-0.2, 0) is 16.2 Å². The molecule has 9 aromatic carbocycles. The van der Waals surface area contributed by atoms with E-state index in [1.54, 1.807) is 0 Å². The summed E-state index contributed by atoms with van der Waals surface area (Å²) >= 11 is 0. The molecule has 0 aliphatic carbocycles. The zero-order valence-electron chi connectivity index (χ0n) is 44.5. The molecule has 0 unspecified atom stereocenters. The summed E-state index contributed by atoms with van der Waals surface area (Å²) in [4.78, 5) is 0. The second kappa shape index (κ2) is 14.4. The van der Waals surface area contributed by atoms with Gasteiger partial charge in [-0.25, -0.2) is 0 Å². The molecule has 0 spiro atoms. The van der Waals surface area contributed by atoms with E-state index in [0.29, 0.717) is 5.92 Å². The van der Waals surface area contributed by atoms with Crippen LogP contribution in [0.25, 0.3) is 120 Å². The molecule has 0 amide bonds. The molecule has 0 bridgehead atoms. The van der Waals surface area contributed by atoms with Gasteiger partial charge in [0, 0.05) is 43.1 Å². The van der Waals surface area contributed by atoms with E-state index in [4.69, 9.17) is 0 Å². The van der Waals surface area contributed by atoms with Crippen molar-refractivity contribution >= 4 is 97.7 Å². The Balaban J connectivity index is 1.38. The van der Waals surface area contributed by atoms with Crippen molar-refractivity contribution in [1.29, 1.82) is 0 Å². The van der Waals surface area contributed by atoms with Gasteiger partial charge < -0.3 is 8.80 Å². The maximum atomic E-state index is 2.64. The fourth-order valence-electron chi connectivity index (χ4n) is 13.4. The Morgan fingerprint density at radius 2 is 0.648 bits per heavy atom. The van der Waals surface area contributed by atoms with Crippen LogP contribution in [0.4, 0.5) is 0 Å². The molecule has 0 atom stereocenters. The van der Waals surface area contributed by atoms with Crippen LogP contribution in [0.1, 0.15) is 127 Å². The van der Waals surface area contributed by atoms with Gasteiger partial charge in [-0.2, -0.15) is 0 Å². The first kappa shape index (κ1) is 44.1. The van der Waals surface area contributed by atoms with E-state index in [1.165, 1.54) is 164 Å². The van der Waals surface area contributed by atoms with Crippen LogP contribution >= 0.6 is 0 Å². The highest BCUT2D eigenvalue weighted by molar-refractivity contribution is 6.32. The lowest BCUT2D eigenvalue weighted by atomic mass is 9.71. The topological polar surface area (TPSA) is 8.82 Å². The van der Waals surface area contributed by atoms with Crippen LogP contribution in [-0.4, -0.2) is 8.80 Å². The summed E-state index contributed by atoms with van der Waals surface area (Å²) < 4.78 is 5.22. The number of nitrogens with zero attached hydrogens (tertiary/aromatic N) is 2. The molecule has 4 heterocycles. The van der Waals surface area contributed by atoms with Crippen molar-refractivity contribution in [3.63, 3.8) is 0 Å². The minimum atomic E-state index is -0.141. The smallest absolute Gasteiger partial charge is 0.0620 e. The van der Waals surface area contributed by atoms with E-state index in [0.717, 1.165) is 0 Å². The predicted octanol–water partition coefficient (Wildman–Crippen LogP) is 19.9. The van der Waals surface area contributed by atoms with Gasteiger partial charge in [0.25, 0.3) is 0 Å². The molecule has 0 aliphatic heterocycles. The first-order valence-electron chi connectivity index (χ1n) is 26.1. The fraction of sp³-hybridized carbons (Fsp3) is 0.275. The summed E-state index contributed by atoms with van der Waals surface area (Å²) in [6, 6.07) is 48.7. The SMILES string of the molecule is Cc1ccc2c(c1)c1cc(C)cc3c4cc5c(-c6c(C(C)(C)C)cccc6C(C)(C)C)c6cc7c(cc6c(-c6c(C(C)C)cccc6C(C)(C)C)c5cc4n2c13)c1cc(C)cc2c3cc(C)ccc3n7c21. The number of rotatable bonds is 3. The van der Waals surface area contributed by atoms with Crippen LogP contribution in [0.5, 0.6) is 0 Å². The monoisotopic (exact) mass is 923 g/mol. The molecule has 71 heavy (non-hydrogen) atoms. The number of fused-ring (bicyclic) bond motifs is 14. The Hall–Kier alpha value is -6.90. The largest absolute Gasteiger partial charge is 0.308 e. The summed E-state index contributed by atoms with van der Waals surface area (Å²) in [5.41, 5.74) is 23.5. The summed E-state index contributed by atoms with van der Waals surface area (Å²) in [6.45, 7) is 35.5. The third-order valence-electron chi connectivity index (χ3n) is 16.4. The number of hydrogen-bond acceptors (Lipinski definition) is 0. The number of benzene rings is 9. The van der Waals surface area contributed by atoms with E-state index >= 15 is 0 Å². The fourth-order valence-corrected chi connectivity index (χ4v) is 13.4. The Morgan fingerprint density at radius 1 is 0.310 bits per heavy atom. The van der Waals surface area contributed by atoms with E-state index in [9.17, 15) is 0 Å². The van der Waals surface area contributed by atoms with E-state index in [-0.39, 0.29) is 16.2 Å². The van der Waals surface area contributed by atoms with Crippen molar-refractivity contribution in [2.45, 2.75) is 126 Å². The van der Waals surface area contributed by atoms with Gasteiger partial charge in [-0.3, -0.25) is 0 Å². The Labute approximate surface area is 418 Å². The van der Waals surface area contributed by atoms with Gasteiger partial charge in [0.05, 0.1) is 33.1 Å². The molecular formula is C69H66N2. The Morgan fingerprint density at radius 3 is 1.04 bits per heavy atom. The zero-order chi connectivity index (χ0) is 49.7. The molecule has 352 valence electrons. The third-order valence-corrected chi connectivity index (χ3v) is 16.4. The maximum absolute atomic E-state index is 2.64. The normalized spacial score (nSPS) is 13.4. The molecule has 2 heteroatoms. The van der Waals surface area contributed by atoms with Crippen molar-refractivity contribution in [3.05, 3.63) is 166 Å². The number of aromatic nitrogens is 2. The van der Waals surface area contributed by atoms with Crippen molar-refractivity contribution in [2.24, 2.45) is 0 Å². The van der Waals surface area contributed by atoms with Crippen LogP contribution < -0.4 is 0 Å². The van der Waals surface area contributed by atoms with Gasteiger partial charge in [0.1, 0.15) is 0 Å². The standard InChI is InChI=1S/C69H66N2/c1-36(2)41-18-16-19-54(67(7,8)9)63(41)61-46-32-44-52-30-39(5)28-50-43-27-38(4)23-25-58(43)71(65(50)52)60(44)35-49(46)62(64-55(68(10,11)12)20-17-21-56(64)69(13,14)15)47-33-45-53-31-40(6)29-51-42-26-37(3)22-24-57(42)70(66(51)53)59(45)34-48(47)61/h16-36H,1-15H3. The molecular weight excluding hydrogens is 857 g/mol. The molecule has 0 aliphatic rings. The van der Waals surface area contributed by atoms with Gasteiger partial charge >= 0.3 is 0 Å². The van der Waals surface area contributed by atoms with Crippen LogP contribution in [0.15, 0.2) is 121 Å². The lowest BCUT2D eigenvalue weighted by molar-refractivity contribution is 0.572. The Kier molecular flexibility index (Phi) is 8.92. The minimum Gasteiger partial charge on any atom is -0.308 e. The average Bonchev–Trinajstić information content (AvgIpc) is 4.00. The first-order chi connectivity index (χ1) is 33.6. The second-order valence-electron chi connectivity index (χ2n) is 25.1. The van der Waals surface area contributed by atoms with E-state index < -0.39 is 0 Å². The summed E-state index contributed by atoms with van der Waals surface area (Å²) in [7, 11) is 0. The van der Waals surface area contributed by atoms with Crippen LogP contribution in [0.2, 0.25) is 0 Å². The van der Waals surface area contributed by atoms with Gasteiger partial charge in [-0.15, -0.1) is 0 Å². The van der Waals surface area contributed by atoms with Gasteiger partial charge in [0.2, 0.25) is 0 Å². The quantitative estimate of drug-likeness (QED) is 0.156. The van der Waals surface area contributed by atoms with Crippen molar-refractivity contribution in [3.8, 4) is 22.3 Å². The zero-order valence-corrected chi connectivity index (χ0v) is 44.5. The minimum absolute atomic E-state index is 0.129. The predicted molar refractivity (Wildman–Crippen MR) is 311 cm³/mol. The lowest BCUT2D eigenvalue weighted by Crippen LogP contribution is -2.19. The van der Waals surface area contributed by atoms with Crippen molar-refractivity contribution in [2.75, 3.05) is 0 Å². The van der Waals surface area contributed by atoms with Gasteiger partial charge in [-0.05, 0) is 200 Å². The molecule has 0 N–H and O–H groups in total. The molecule has 0 fully saturated rings. The molecule has 0 radical (unpaired) electrons. The van der Waals surface area contributed by atoms with Crippen molar-refractivity contribution < 1.29 is 0 Å². The Bertz CT molecular complexity index is 4410. The highest BCUT2D eigenvalue weighted by Crippen LogP contribution is 2.55. The molecule has 13 aromatic rings. The summed E-state index contributed by atoms with van der Waals surface area (Å²) in [5, 5.41) is 15.9. The van der Waals surface area contributed by atoms with Gasteiger partial charge in [-0.1, -0.05) is 136 Å². The highest BCUT2D eigenvalue weighted by atomic mass is 14.9. The molecule has 13 rings (SSSR count). The van der Waals surface area contributed by atoms with Crippen LogP contribution in [0.3, 0.4) is 0 Å². The van der Waals surface area contributed by atoms with Gasteiger partial charge in [0.15, 0.2) is 0 Å². The summed E-state index contributed by atoms with van der Waals surface area (Å²) in [6.07, 6.45) is 0. The molecule has 4 aromatic heterocycles. The van der Waals surface area contributed by atoms with E-state index in [2.05, 4.69) is 234 Å². The van der Waals surface area contributed by atoms with Crippen molar-refractivity contribution in [1.82, 2.24) is 8.80 Å². The molecule has 0 saturated heterocycles. The van der Waals surface area contributed by atoms with Crippen LogP contribution in [0, 0.1) is 27.7 Å². The molecule has 0 saturated carbocycles. The first-order valence-corrected chi connectivity index (χ1v) is 26.1. The van der Waals surface area contributed by atoms with E-state index in [1.807, 2.05) is 0 Å². The highest BCUT2D eigenvalue weighted by Gasteiger charge is 2.33. The molecule has 2 nitrogen and oxygen atoms in total. The number of aryl methyl sites for hydroxylation is 4. The summed E-state index contributed by atoms with van der Waals surface area (Å²) in [5.74, 6) is 0.297. The average molecular weight is 923 g/mol. The second-order valence-corrected chi connectivity index (χ2v) is 25.1. The maximum Gasteiger partial charge on any atom is 0.0620 e. The lowest BCUT2D eigenvalue weighted by Gasteiger charge is -2.32. The third kappa shape index (κ3) is 6.06.